The fourth-order valence-corrected chi connectivity index (χ4v) is 8.13. The highest BCUT2D eigenvalue weighted by Crippen LogP contribution is 2.57. The number of halogens is 2. The van der Waals surface area contributed by atoms with Crippen molar-refractivity contribution in [2.24, 2.45) is 23.7 Å². The Bertz CT molecular complexity index is 1200. The second-order valence-electron chi connectivity index (χ2n) is 12.2. The molecule has 2 N–H and O–H groups in total. The summed E-state index contributed by atoms with van der Waals surface area (Å²) >= 11 is 12.2. The monoisotopic (exact) mass is 573 g/mol. The number of nitrogens with zero attached hydrogens (tertiary/aromatic N) is 1. The Labute approximate surface area is 240 Å². The van der Waals surface area contributed by atoms with E-state index in [1.165, 1.54) is 6.42 Å². The molecule has 9 heteroatoms. The van der Waals surface area contributed by atoms with Crippen molar-refractivity contribution in [2.75, 3.05) is 5.32 Å². The van der Waals surface area contributed by atoms with Gasteiger partial charge in [0.2, 0.25) is 17.7 Å². The molecule has 1 aromatic carbocycles. The number of ether oxygens (including phenoxy) is 1. The first kappa shape index (κ1) is 27.1. The highest BCUT2D eigenvalue weighted by atomic mass is 35.5. The molecule has 2 bridgehead atoms. The summed E-state index contributed by atoms with van der Waals surface area (Å²) in [6, 6.07) is 4.14. The molecule has 7 nitrogen and oxygen atoms in total. The van der Waals surface area contributed by atoms with Crippen molar-refractivity contribution in [3.05, 3.63) is 40.4 Å². The van der Waals surface area contributed by atoms with Crippen molar-refractivity contribution in [2.45, 2.75) is 95.0 Å². The lowest BCUT2D eigenvalue weighted by molar-refractivity contribution is -0.146. The molecule has 0 unspecified atom stereocenters. The summed E-state index contributed by atoms with van der Waals surface area (Å²) in [7, 11) is 0. The molecule has 1 spiro atoms. The number of hydrogen-bond acceptors (Lipinski definition) is 4. The van der Waals surface area contributed by atoms with E-state index in [1.807, 2.05) is 17.1 Å². The van der Waals surface area contributed by atoms with E-state index >= 15 is 0 Å². The van der Waals surface area contributed by atoms with E-state index in [1.54, 1.807) is 18.2 Å². The maximum absolute atomic E-state index is 14.4. The lowest BCUT2D eigenvalue weighted by Gasteiger charge is -2.44. The van der Waals surface area contributed by atoms with Crippen LogP contribution < -0.4 is 10.6 Å². The summed E-state index contributed by atoms with van der Waals surface area (Å²) in [5.74, 6) is -1.44. The Balaban J connectivity index is 1.34. The van der Waals surface area contributed by atoms with Gasteiger partial charge in [-0.3, -0.25) is 14.4 Å². The minimum Gasteiger partial charge on any atom is -0.359 e. The number of anilines is 1. The molecule has 3 heterocycles. The molecule has 6 rings (SSSR count). The smallest absolute Gasteiger partial charge is 0.246 e. The number of benzene rings is 1. The van der Waals surface area contributed by atoms with Gasteiger partial charge in [-0.05, 0) is 49.3 Å². The molecule has 2 saturated carbocycles. The third kappa shape index (κ3) is 4.49. The predicted octanol–water partition coefficient (Wildman–Crippen LogP) is 5.36. The topological polar surface area (TPSA) is 87.7 Å². The Kier molecular flexibility index (Phi) is 7.22. The van der Waals surface area contributed by atoms with Gasteiger partial charge in [-0.1, -0.05) is 81.3 Å². The number of carbonyl (C=O) groups is 3. The summed E-state index contributed by atoms with van der Waals surface area (Å²) in [6.07, 6.45) is 11.4. The van der Waals surface area contributed by atoms with E-state index < -0.39 is 29.6 Å². The molecule has 0 aromatic heterocycles. The van der Waals surface area contributed by atoms with Crippen molar-refractivity contribution in [1.82, 2.24) is 10.2 Å². The van der Waals surface area contributed by atoms with Crippen LogP contribution in [0, 0.1) is 23.7 Å². The average Bonchev–Trinajstić information content (AvgIpc) is 3.56. The number of nitrogens with one attached hydrogen (secondary N) is 2. The molecule has 1 aromatic rings. The van der Waals surface area contributed by atoms with Gasteiger partial charge in [-0.15, -0.1) is 0 Å². The van der Waals surface area contributed by atoms with Crippen molar-refractivity contribution in [3.8, 4) is 0 Å². The molecule has 3 aliphatic heterocycles. The summed E-state index contributed by atoms with van der Waals surface area (Å²) in [4.78, 5) is 44.1. The van der Waals surface area contributed by atoms with Crippen LogP contribution in [0.15, 0.2) is 30.4 Å². The van der Waals surface area contributed by atoms with Crippen molar-refractivity contribution in [3.63, 3.8) is 0 Å². The molecule has 4 fully saturated rings. The van der Waals surface area contributed by atoms with E-state index in [0.29, 0.717) is 21.7 Å². The minimum absolute atomic E-state index is 0.0711. The van der Waals surface area contributed by atoms with Gasteiger partial charge in [-0.25, -0.2) is 0 Å². The molecule has 39 heavy (non-hydrogen) atoms. The third-order valence-electron chi connectivity index (χ3n) is 10.0. The maximum Gasteiger partial charge on any atom is 0.246 e. The third-order valence-corrected chi connectivity index (χ3v) is 10.8. The normalized spacial score (nSPS) is 37.7. The van der Waals surface area contributed by atoms with Gasteiger partial charge in [0.15, 0.2) is 0 Å². The van der Waals surface area contributed by atoms with Crippen molar-refractivity contribution >= 4 is 46.6 Å². The molecule has 5 aliphatic rings. The van der Waals surface area contributed by atoms with E-state index in [0.717, 1.165) is 44.9 Å². The maximum atomic E-state index is 14.4. The lowest BCUT2D eigenvalue weighted by atomic mass is 9.74. The first-order valence-corrected chi connectivity index (χ1v) is 15.2. The average molecular weight is 575 g/mol. The molecule has 0 radical (unpaired) electrons. The zero-order chi connectivity index (χ0) is 27.5. The Morgan fingerprint density at radius 1 is 1.00 bits per heavy atom. The molecule has 210 valence electrons. The summed E-state index contributed by atoms with van der Waals surface area (Å²) in [5, 5.41) is 6.93. The fraction of sp³-hybridized carbons (Fsp3) is 0.633. The number of hydrogen-bond donors (Lipinski definition) is 2. The van der Waals surface area contributed by atoms with Crippen LogP contribution in [0.4, 0.5) is 5.69 Å². The van der Waals surface area contributed by atoms with Crippen LogP contribution in [0.5, 0.6) is 0 Å². The molecule has 8 atom stereocenters. The zero-order valence-electron chi connectivity index (χ0n) is 22.5. The van der Waals surface area contributed by atoms with Gasteiger partial charge in [0.1, 0.15) is 11.6 Å². The first-order chi connectivity index (χ1) is 18.7. The van der Waals surface area contributed by atoms with Crippen LogP contribution >= 0.6 is 23.2 Å². The first-order valence-electron chi connectivity index (χ1n) is 14.5. The molecule has 3 amide bonds. The molecular weight excluding hydrogens is 537 g/mol. The van der Waals surface area contributed by atoms with Gasteiger partial charge in [0, 0.05) is 17.8 Å². The van der Waals surface area contributed by atoms with Crippen LogP contribution in [0.1, 0.15) is 65.2 Å². The van der Waals surface area contributed by atoms with Crippen molar-refractivity contribution in [1.29, 1.82) is 0 Å². The summed E-state index contributed by atoms with van der Waals surface area (Å²) < 4.78 is 6.53. The minimum atomic E-state index is -1.15. The fourth-order valence-electron chi connectivity index (χ4n) is 7.84. The van der Waals surface area contributed by atoms with E-state index in [4.69, 9.17) is 27.9 Å². The Morgan fingerprint density at radius 3 is 2.51 bits per heavy atom. The standard InChI is InChI=1S/C30H37Cl2N3O4/c1-16-7-6-10-22(17(16)2)35-26(28(37)33-18-8-4-3-5-9-18)30-14-13-23(39-30)24(25(30)29(35)38)27(36)34-19-11-12-20(31)21(32)15-19/h11-18,22-26H,3-10H2,1-2H3,(H,33,37)(H,34,36)/t16-,17+,22+,23+,24-,25+,26-,30+/m1/s1. The van der Waals surface area contributed by atoms with Gasteiger partial charge in [-0.2, -0.15) is 0 Å². The quantitative estimate of drug-likeness (QED) is 0.464. The van der Waals surface area contributed by atoms with Gasteiger partial charge >= 0.3 is 0 Å². The number of likely N-dealkylation sites (tertiary alicyclic amines) is 1. The Hall–Kier alpha value is -2.09. The predicted molar refractivity (Wildman–Crippen MR) is 150 cm³/mol. The van der Waals surface area contributed by atoms with Crippen LogP contribution in [0.25, 0.3) is 0 Å². The van der Waals surface area contributed by atoms with Gasteiger partial charge < -0.3 is 20.3 Å². The number of rotatable bonds is 5. The SMILES string of the molecule is C[C@H]1[C@H](C)CCC[C@@H]1N1C(=O)[C@@H]2[C@H](C(=O)Nc3ccc(Cl)c(Cl)c3)[C@@H]3C=C[C@@]2(O3)[C@H]1C(=O)NC1CCCCC1. The van der Waals surface area contributed by atoms with Crippen LogP contribution in [0.3, 0.4) is 0 Å². The number of fused-ring (bicyclic) bond motifs is 1. The zero-order valence-corrected chi connectivity index (χ0v) is 24.0. The van der Waals surface area contributed by atoms with Crippen LogP contribution in [0.2, 0.25) is 10.0 Å². The summed E-state index contributed by atoms with van der Waals surface area (Å²) in [5.41, 5.74) is -0.653. The van der Waals surface area contributed by atoms with Crippen molar-refractivity contribution < 1.29 is 19.1 Å². The second-order valence-corrected chi connectivity index (χ2v) is 13.1. The van der Waals surface area contributed by atoms with E-state index in [-0.39, 0.29) is 35.7 Å². The molecule has 2 aliphatic carbocycles. The second kappa shape index (κ2) is 10.4. The Morgan fingerprint density at radius 2 is 1.77 bits per heavy atom. The van der Waals surface area contributed by atoms with Gasteiger partial charge in [0.25, 0.3) is 0 Å². The molecule has 2 saturated heterocycles. The molecular formula is C30H37Cl2N3O4. The van der Waals surface area contributed by atoms with Crippen LogP contribution in [-0.2, 0) is 19.1 Å². The largest absolute Gasteiger partial charge is 0.359 e. The van der Waals surface area contributed by atoms with E-state index in [2.05, 4.69) is 24.5 Å². The number of amides is 3. The highest BCUT2D eigenvalue weighted by Gasteiger charge is 2.73. The highest BCUT2D eigenvalue weighted by molar-refractivity contribution is 6.42. The van der Waals surface area contributed by atoms with Crippen LogP contribution in [-0.4, -0.2) is 52.5 Å². The number of carbonyl (C=O) groups excluding carboxylic acids is 3. The van der Waals surface area contributed by atoms with Gasteiger partial charge in [0.05, 0.1) is 28.0 Å². The lowest BCUT2D eigenvalue weighted by Crippen LogP contribution is -2.60. The summed E-state index contributed by atoms with van der Waals surface area (Å²) in [6.45, 7) is 4.41. The van der Waals surface area contributed by atoms with E-state index in [9.17, 15) is 14.4 Å².